The van der Waals surface area contributed by atoms with Gasteiger partial charge in [0.2, 0.25) is 0 Å². The molecule has 1 aromatic rings. The minimum absolute atomic E-state index is 0.262. The van der Waals surface area contributed by atoms with Gasteiger partial charge >= 0.3 is 0 Å². The summed E-state index contributed by atoms with van der Waals surface area (Å²) in [6, 6.07) is 3.40. The smallest absolute Gasteiger partial charge is 0.167 e. The standard InChI is InChI=1S/C15H23FN2O/c1-4-19-15-8-14(12(17)7-11(15)16)18-13-6-5-9(2)10(13)3/h7-10,13,18H,4-6,17H2,1-3H3. The van der Waals surface area contributed by atoms with Crippen LogP contribution in [0.25, 0.3) is 0 Å². The molecule has 0 radical (unpaired) electrons. The summed E-state index contributed by atoms with van der Waals surface area (Å²) in [6.07, 6.45) is 2.35. The number of nitrogens with one attached hydrogen (secondary N) is 1. The molecule has 106 valence electrons. The van der Waals surface area contributed by atoms with Crippen molar-refractivity contribution >= 4 is 11.4 Å². The molecule has 2 rings (SSSR count). The highest BCUT2D eigenvalue weighted by atomic mass is 19.1. The zero-order valence-electron chi connectivity index (χ0n) is 11.9. The molecule has 1 saturated carbocycles. The highest BCUT2D eigenvalue weighted by molar-refractivity contribution is 5.69. The third-order valence-electron chi connectivity index (χ3n) is 4.21. The molecule has 1 fully saturated rings. The van der Waals surface area contributed by atoms with Gasteiger partial charge in [0, 0.05) is 18.2 Å². The van der Waals surface area contributed by atoms with Crippen molar-refractivity contribution in [3.63, 3.8) is 0 Å². The van der Waals surface area contributed by atoms with Crippen LogP contribution in [0, 0.1) is 17.7 Å². The number of halogens is 1. The van der Waals surface area contributed by atoms with Gasteiger partial charge in [-0.05, 0) is 31.6 Å². The average molecular weight is 266 g/mol. The molecule has 1 aromatic carbocycles. The van der Waals surface area contributed by atoms with E-state index >= 15 is 0 Å². The molecule has 19 heavy (non-hydrogen) atoms. The van der Waals surface area contributed by atoms with Crippen molar-refractivity contribution in [2.24, 2.45) is 11.8 Å². The Morgan fingerprint density at radius 3 is 2.68 bits per heavy atom. The summed E-state index contributed by atoms with van der Waals surface area (Å²) < 4.78 is 18.9. The first-order chi connectivity index (χ1) is 9.02. The molecule has 0 heterocycles. The van der Waals surface area contributed by atoms with Crippen molar-refractivity contribution in [1.29, 1.82) is 0 Å². The number of rotatable bonds is 4. The van der Waals surface area contributed by atoms with Crippen LogP contribution in [0.4, 0.5) is 15.8 Å². The second-order valence-electron chi connectivity index (χ2n) is 5.47. The molecule has 0 bridgehead atoms. The summed E-state index contributed by atoms with van der Waals surface area (Å²) in [5.41, 5.74) is 7.10. The van der Waals surface area contributed by atoms with Gasteiger partial charge in [-0.15, -0.1) is 0 Å². The van der Waals surface area contributed by atoms with Gasteiger partial charge in [-0.2, -0.15) is 0 Å². The van der Waals surface area contributed by atoms with E-state index in [0.717, 1.165) is 12.1 Å². The average Bonchev–Trinajstić information content (AvgIpc) is 2.67. The number of nitrogen functional groups attached to an aromatic ring is 1. The van der Waals surface area contributed by atoms with Gasteiger partial charge in [0.25, 0.3) is 0 Å². The lowest BCUT2D eigenvalue weighted by molar-refractivity contribution is 0.322. The molecule has 0 aliphatic heterocycles. The second kappa shape index (κ2) is 5.68. The normalized spacial score (nSPS) is 26.4. The highest BCUT2D eigenvalue weighted by Crippen LogP contribution is 2.36. The fraction of sp³-hybridized carbons (Fsp3) is 0.600. The van der Waals surface area contributed by atoms with Crippen LogP contribution in [0.1, 0.15) is 33.6 Å². The number of hydrogen-bond acceptors (Lipinski definition) is 3. The molecule has 3 nitrogen and oxygen atoms in total. The van der Waals surface area contributed by atoms with Gasteiger partial charge < -0.3 is 15.8 Å². The van der Waals surface area contributed by atoms with E-state index in [2.05, 4.69) is 19.2 Å². The Balaban J connectivity index is 2.18. The summed E-state index contributed by atoms with van der Waals surface area (Å²) in [4.78, 5) is 0. The molecule has 0 spiro atoms. The topological polar surface area (TPSA) is 47.3 Å². The van der Waals surface area contributed by atoms with Crippen molar-refractivity contribution in [2.45, 2.75) is 39.7 Å². The fourth-order valence-corrected chi connectivity index (χ4v) is 2.73. The number of nitrogens with two attached hydrogens (primary N) is 1. The van der Waals surface area contributed by atoms with E-state index in [0.29, 0.717) is 30.2 Å². The van der Waals surface area contributed by atoms with Gasteiger partial charge in [-0.25, -0.2) is 4.39 Å². The van der Waals surface area contributed by atoms with Crippen molar-refractivity contribution in [3.05, 3.63) is 17.9 Å². The van der Waals surface area contributed by atoms with Gasteiger partial charge in [0.15, 0.2) is 11.6 Å². The molecule has 0 saturated heterocycles. The molecule has 3 unspecified atom stereocenters. The van der Waals surface area contributed by atoms with E-state index in [1.165, 1.54) is 12.5 Å². The lowest BCUT2D eigenvalue weighted by Crippen LogP contribution is -2.24. The van der Waals surface area contributed by atoms with Crippen LogP contribution >= 0.6 is 0 Å². The molecule has 4 heteroatoms. The molecule has 3 atom stereocenters. The monoisotopic (exact) mass is 266 g/mol. The highest BCUT2D eigenvalue weighted by Gasteiger charge is 2.30. The number of hydrogen-bond donors (Lipinski definition) is 2. The molecular formula is C15H23FN2O. The van der Waals surface area contributed by atoms with Crippen LogP contribution in [0.2, 0.25) is 0 Å². The maximum absolute atomic E-state index is 13.6. The zero-order valence-corrected chi connectivity index (χ0v) is 11.9. The van der Waals surface area contributed by atoms with Crippen molar-refractivity contribution in [2.75, 3.05) is 17.7 Å². The van der Waals surface area contributed by atoms with Gasteiger partial charge in [-0.3, -0.25) is 0 Å². The van der Waals surface area contributed by atoms with E-state index < -0.39 is 5.82 Å². The van der Waals surface area contributed by atoms with Gasteiger partial charge in [-0.1, -0.05) is 13.8 Å². The van der Waals surface area contributed by atoms with Crippen molar-refractivity contribution < 1.29 is 9.13 Å². The maximum Gasteiger partial charge on any atom is 0.167 e. The third-order valence-corrected chi connectivity index (χ3v) is 4.21. The van der Waals surface area contributed by atoms with Crippen LogP contribution in [0.5, 0.6) is 5.75 Å². The molecular weight excluding hydrogens is 243 g/mol. The minimum Gasteiger partial charge on any atom is -0.491 e. The number of anilines is 2. The zero-order chi connectivity index (χ0) is 14.0. The lowest BCUT2D eigenvalue weighted by Gasteiger charge is -2.22. The van der Waals surface area contributed by atoms with Crippen molar-refractivity contribution in [3.8, 4) is 5.75 Å². The first-order valence-corrected chi connectivity index (χ1v) is 7.01. The van der Waals surface area contributed by atoms with E-state index in [1.54, 1.807) is 6.07 Å². The SMILES string of the molecule is CCOc1cc(NC2CCC(C)C2C)c(N)cc1F. The van der Waals surface area contributed by atoms with Gasteiger partial charge in [0.1, 0.15) is 0 Å². The Morgan fingerprint density at radius 2 is 2.11 bits per heavy atom. The van der Waals surface area contributed by atoms with E-state index in [4.69, 9.17) is 10.5 Å². The van der Waals surface area contributed by atoms with E-state index in [9.17, 15) is 4.39 Å². The second-order valence-corrected chi connectivity index (χ2v) is 5.47. The summed E-state index contributed by atoms with van der Waals surface area (Å²) in [7, 11) is 0. The first kappa shape index (κ1) is 14.0. The number of benzene rings is 1. The van der Waals surface area contributed by atoms with Crippen LogP contribution in [-0.2, 0) is 0 Å². The molecule has 0 aromatic heterocycles. The molecule has 3 N–H and O–H groups in total. The first-order valence-electron chi connectivity index (χ1n) is 7.01. The maximum atomic E-state index is 13.6. The summed E-state index contributed by atoms with van der Waals surface area (Å²) in [5, 5.41) is 3.44. The van der Waals surface area contributed by atoms with Crippen molar-refractivity contribution in [1.82, 2.24) is 0 Å². The number of ether oxygens (including phenoxy) is 1. The van der Waals surface area contributed by atoms with E-state index in [-0.39, 0.29) is 5.75 Å². The van der Waals surface area contributed by atoms with Crippen LogP contribution < -0.4 is 15.8 Å². The predicted molar refractivity (Wildman–Crippen MR) is 77.0 cm³/mol. The Kier molecular flexibility index (Phi) is 4.17. The van der Waals surface area contributed by atoms with Gasteiger partial charge in [0.05, 0.1) is 18.0 Å². The van der Waals surface area contributed by atoms with Crippen LogP contribution in [0.15, 0.2) is 12.1 Å². The van der Waals surface area contributed by atoms with E-state index in [1.807, 2.05) is 6.92 Å². The van der Waals surface area contributed by atoms with Crippen LogP contribution in [-0.4, -0.2) is 12.6 Å². The largest absolute Gasteiger partial charge is 0.491 e. The molecule has 1 aliphatic carbocycles. The molecule has 1 aliphatic rings. The molecule has 0 amide bonds. The Bertz CT molecular complexity index is 450. The fourth-order valence-electron chi connectivity index (χ4n) is 2.73. The summed E-state index contributed by atoms with van der Waals surface area (Å²) >= 11 is 0. The van der Waals surface area contributed by atoms with Crippen LogP contribution in [0.3, 0.4) is 0 Å². The Morgan fingerprint density at radius 1 is 1.37 bits per heavy atom. The third kappa shape index (κ3) is 2.94. The quantitative estimate of drug-likeness (QED) is 0.818. The summed E-state index contributed by atoms with van der Waals surface area (Å²) in [5.74, 6) is 1.17. The summed E-state index contributed by atoms with van der Waals surface area (Å²) in [6.45, 7) is 6.80. The minimum atomic E-state index is -0.405. The lowest BCUT2D eigenvalue weighted by atomic mass is 9.97. The Hall–Kier alpha value is -1.45. The predicted octanol–water partition coefficient (Wildman–Crippen LogP) is 3.65. The Labute approximate surface area is 114 Å².